The first-order chi connectivity index (χ1) is 11.3. The summed E-state index contributed by atoms with van der Waals surface area (Å²) in [6, 6.07) is 18.1. The highest BCUT2D eigenvalue weighted by Gasteiger charge is 2.16. The lowest BCUT2D eigenvalue weighted by atomic mass is 10.2. The summed E-state index contributed by atoms with van der Waals surface area (Å²) in [6.45, 7) is 0. The van der Waals surface area contributed by atoms with Crippen LogP contribution in [0.3, 0.4) is 0 Å². The van der Waals surface area contributed by atoms with Crippen LogP contribution in [0.1, 0.15) is 0 Å². The first kappa shape index (κ1) is 12.3. The van der Waals surface area contributed by atoms with Crippen molar-refractivity contribution in [2.45, 2.75) is 0 Å². The Morgan fingerprint density at radius 1 is 0.870 bits per heavy atom. The molecular weight excluding hydrogens is 288 g/mol. The number of aromatic nitrogens is 6. The number of para-hydroxylation sites is 1. The van der Waals surface area contributed by atoms with Crippen LogP contribution in [0.25, 0.3) is 39.2 Å². The van der Waals surface area contributed by atoms with E-state index in [0.717, 1.165) is 27.6 Å². The number of aryl methyl sites for hydroxylation is 1. The second-order valence-electron chi connectivity index (χ2n) is 5.46. The molecule has 0 N–H and O–H groups in total. The molecule has 0 aliphatic carbocycles. The van der Waals surface area contributed by atoms with Gasteiger partial charge >= 0.3 is 0 Å². The number of hydrogen-bond acceptors (Lipinski definition) is 4. The number of rotatable bonds is 1. The van der Waals surface area contributed by atoms with Gasteiger partial charge in [0.25, 0.3) is 5.78 Å². The number of nitrogens with zero attached hydrogens (tertiary/aromatic N) is 6. The van der Waals surface area contributed by atoms with Crippen LogP contribution in [0.15, 0.2) is 54.6 Å². The maximum atomic E-state index is 4.77. The maximum Gasteiger partial charge on any atom is 0.274 e. The first-order valence-corrected chi connectivity index (χ1v) is 7.35. The summed E-state index contributed by atoms with van der Waals surface area (Å²) >= 11 is 0. The molecule has 110 valence electrons. The fraction of sp³-hybridized carbons (Fsp3) is 0.0588. The molecule has 0 spiro atoms. The Morgan fingerprint density at radius 3 is 2.52 bits per heavy atom. The monoisotopic (exact) mass is 300 g/mol. The van der Waals surface area contributed by atoms with E-state index in [-0.39, 0.29) is 0 Å². The first-order valence-electron chi connectivity index (χ1n) is 7.35. The molecule has 5 rings (SSSR count). The van der Waals surface area contributed by atoms with E-state index >= 15 is 0 Å². The van der Waals surface area contributed by atoms with Crippen LogP contribution in [-0.4, -0.2) is 29.4 Å². The van der Waals surface area contributed by atoms with Crippen molar-refractivity contribution in [3.05, 3.63) is 54.6 Å². The van der Waals surface area contributed by atoms with Gasteiger partial charge in [-0.15, -0.1) is 10.2 Å². The molecule has 3 heterocycles. The lowest BCUT2D eigenvalue weighted by molar-refractivity contribution is 0.922. The predicted octanol–water partition coefficient (Wildman–Crippen LogP) is 2.83. The molecule has 6 nitrogen and oxygen atoms in total. The van der Waals surface area contributed by atoms with Gasteiger partial charge in [0.15, 0.2) is 11.5 Å². The van der Waals surface area contributed by atoms with Gasteiger partial charge in [0.05, 0.1) is 5.52 Å². The molecule has 6 heteroatoms. The van der Waals surface area contributed by atoms with Crippen LogP contribution in [-0.2, 0) is 7.05 Å². The van der Waals surface area contributed by atoms with Crippen molar-refractivity contribution >= 4 is 27.8 Å². The lowest BCUT2D eigenvalue weighted by Gasteiger charge is -1.99. The summed E-state index contributed by atoms with van der Waals surface area (Å²) < 4.78 is 3.75. The summed E-state index contributed by atoms with van der Waals surface area (Å²) in [7, 11) is 1.99. The molecule has 0 aliphatic rings. The molecular formula is C17H12N6. The summed E-state index contributed by atoms with van der Waals surface area (Å²) in [6.07, 6.45) is 0. The molecule has 0 saturated heterocycles. The summed E-state index contributed by atoms with van der Waals surface area (Å²) in [4.78, 5) is 4.65. The topological polar surface area (TPSA) is 60.9 Å². The van der Waals surface area contributed by atoms with Gasteiger partial charge in [-0.3, -0.25) is 0 Å². The van der Waals surface area contributed by atoms with Crippen molar-refractivity contribution < 1.29 is 0 Å². The Morgan fingerprint density at radius 2 is 1.65 bits per heavy atom. The van der Waals surface area contributed by atoms with Gasteiger partial charge in [-0.25, -0.2) is 0 Å². The Kier molecular flexibility index (Phi) is 2.33. The van der Waals surface area contributed by atoms with Crippen molar-refractivity contribution in [2.75, 3.05) is 0 Å². The third kappa shape index (κ3) is 1.63. The van der Waals surface area contributed by atoms with Gasteiger partial charge in [-0.05, 0) is 6.07 Å². The summed E-state index contributed by atoms with van der Waals surface area (Å²) in [5.74, 6) is 1.20. The zero-order valence-electron chi connectivity index (χ0n) is 12.4. The van der Waals surface area contributed by atoms with Crippen molar-refractivity contribution in [1.82, 2.24) is 29.4 Å². The third-order valence-electron chi connectivity index (χ3n) is 4.11. The summed E-state index contributed by atoms with van der Waals surface area (Å²) in [5, 5.41) is 14.3. The molecule has 0 atom stereocenters. The number of hydrogen-bond donors (Lipinski definition) is 0. The fourth-order valence-corrected chi connectivity index (χ4v) is 2.98. The zero-order valence-corrected chi connectivity index (χ0v) is 12.4. The van der Waals surface area contributed by atoms with Crippen molar-refractivity contribution in [3.63, 3.8) is 0 Å². The Balaban J connectivity index is 1.92. The Labute approximate surface area is 131 Å². The van der Waals surface area contributed by atoms with Gasteiger partial charge < -0.3 is 4.57 Å². The van der Waals surface area contributed by atoms with E-state index < -0.39 is 0 Å². The van der Waals surface area contributed by atoms with Crippen LogP contribution in [0.5, 0.6) is 0 Å². The van der Waals surface area contributed by atoms with Crippen LogP contribution >= 0.6 is 0 Å². The number of benzene rings is 2. The van der Waals surface area contributed by atoms with E-state index in [9.17, 15) is 0 Å². The highest BCUT2D eigenvalue weighted by molar-refractivity contribution is 6.04. The third-order valence-corrected chi connectivity index (χ3v) is 4.11. The van der Waals surface area contributed by atoms with Crippen molar-refractivity contribution in [3.8, 4) is 11.4 Å². The van der Waals surface area contributed by atoms with Gasteiger partial charge in [0.1, 0.15) is 5.52 Å². The quantitative estimate of drug-likeness (QED) is 0.477. The minimum Gasteiger partial charge on any atom is -0.327 e. The molecule has 5 aromatic rings. The van der Waals surface area contributed by atoms with Crippen molar-refractivity contribution in [2.24, 2.45) is 7.05 Å². The van der Waals surface area contributed by atoms with Crippen LogP contribution in [0, 0.1) is 0 Å². The number of fused-ring (bicyclic) bond motifs is 4. The molecule has 0 bridgehead atoms. The maximum absolute atomic E-state index is 4.77. The standard InChI is InChI=1S/C17H12N6/c1-22-13-10-6-5-9-12(13)14-16(22)18-17-20-19-15(23(17)21-14)11-7-3-2-4-8-11/h2-10H,1H3. The van der Waals surface area contributed by atoms with Gasteiger partial charge in [0.2, 0.25) is 0 Å². The normalized spacial score (nSPS) is 11.7. The molecule has 0 saturated carbocycles. The average molecular weight is 300 g/mol. The van der Waals surface area contributed by atoms with E-state index in [0.29, 0.717) is 11.6 Å². The minimum absolute atomic E-state index is 0.502. The van der Waals surface area contributed by atoms with Gasteiger partial charge in [0, 0.05) is 18.0 Å². The van der Waals surface area contributed by atoms with Gasteiger partial charge in [-0.1, -0.05) is 48.5 Å². The second-order valence-corrected chi connectivity index (χ2v) is 5.46. The Bertz CT molecular complexity index is 1170. The molecule has 0 unspecified atom stereocenters. The van der Waals surface area contributed by atoms with Crippen molar-refractivity contribution in [1.29, 1.82) is 0 Å². The van der Waals surface area contributed by atoms with Crippen LogP contribution in [0.4, 0.5) is 0 Å². The molecule has 3 aromatic heterocycles. The lowest BCUT2D eigenvalue weighted by Crippen LogP contribution is -1.99. The molecule has 23 heavy (non-hydrogen) atoms. The minimum atomic E-state index is 0.502. The van der Waals surface area contributed by atoms with E-state index in [1.807, 2.05) is 54.1 Å². The van der Waals surface area contributed by atoms with E-state index in [2.05, 4.69) is 27.3 Å². The highest BCUT2D eigenvalue weighted by Crippen LogP contribution is 2.26. The largest absolute Gasteiger partial charge is 0.327 e. The van der Waals surface area contributed by atoms with E-state index in [4.69, 9.17) is 5.10 Å². The fourth-order valence-electron chi connectivity index (χ4n) is 2.98. The molecule has 0 amide bonds. The molecule has 0 radical (unpaired) electrons. The smallest absolute Gasteiger partial charge is 0.274 e. The zero-order chi connectivity index (χ0) is 15.4. The highest BCUT2D eigenvalue weighted by atomic mass is 15.4. The molecule has 0 aliphatic heterocycles. The van der Waals surface area contributed by atoms with Gasteiger partial charge in [-0.2, -0.15) is 14.6 Å². The Hall–Kier alpha value is -3.28. The summed E-state index contributed by atoms with van der Waals surface area (Å²) in [5.41, 5.74) is 3.73. The average Bonchev–Trinajstić information content (AvgIpc) is 3.14. The molecule has 2 aromatic carbocycles. The van der Waals surface area contributed by atoms with Crippen LogP contribution < -0.4 is 0 Å². The van der Waals surface area contributed by atoms with E-state index in [1.165, 1.54) is 0 Å². The van der Waals surface area contributed by atoms with Crippen LogP contribution in [0.2, 0.25) is 0 Å². The van der Waals surface area contributed by atoms with E-state index in [1.54, 1.807) is 4.52 Å². The molecule has 0 fully saturated rings. The SMILES string of the molecule is Cn1c2ccccc2c2nn3c(-c4ccccc4)nnc3nc21. The second kappa shape index (κ2) is 4.36. The predicted molar refractivity (Wildman–Crippen MR) is 88.0 cm³/mol.